The topological polar surface area (TPSA) is 156 Å². The zero-order valence-electron chi connectivity index (χ0n) is 15.0. The van der Waals surface area contributed by atoms with Gasteiger partial charge in [0.15, 0.2) is 5.78 Å². The predicted octanol–water partition coefficient (Wildman–Crippen LogP) is -2.06. The maximum absolute atomic E-state index is 12.5. The zero-order valence-corrected chi connectivity index (χ0v) is 15.0. The third-order valence-corrected chi connectivity index (χ3v) is 3.65. The van der Waals surface area contributed by atoms with E-state index in [9.17, 15) is 14.4 Å². The van der Waals surface area contributed by atoms with Gasteiger partial charge in [-0.25, -0.2) is 0 Å². The zero-order chi connectivity index (χ0) is 19.6. The average molecular weight is 362 g/mol. The van der Waals surface area contributed by atoms with Crippen LogP contribution in [0.1, 0.15) is 33.6 Å². The van der Waals surface area contributed by atoms with Crippen LogP contribution in [-0.4, -0.2) is 76.5 Å². The van der Waals surface area contributed by atoms with Crippen molar-refractivity contribution >= 4 is 17.6 Å². The highest BCUT2D eigenvalue weighted by Crippen LogP contribution is 2.19. The van der Waals surface area contributed by atoms with Gasteiger partial charge in [-0.2, -0.15) is 0 Å². The molecule has 0 rings (SSSR count). The molecule has 0 radical (unpaired) electrons. The van der Waals surface area contributed by atoms with Crippen molar-refractivity contribution < 1.29 is 34.8 Å². The second kappa shape index (κ2) is 11.1. The molecule has 0 saturated heterocycles. The lowest BCUT2D eigenvalue weighted by atomic mass is 9.84. The van der Waals surface area contributed by atoms with Gasteiger partial charge in [0.25, 0.3) is 0 Å². The van der Waals surface area contributed by atoms with Crippen LogP contribution in [0.15, 0.2) is 0 Å². The van der Waals surface area contributed by atoms with Gasteiger partial charge in [0.2, 0.25) is 11.8 Å². The van der Waals surface area contributed by atoms with E-state index in [0.717, 1.165) is 0 Å². The highest BCUT2D eigenvalue weighted by molar-refractivity contribution is 5.93. The van der Waals surface area contributed by atoms with Crippen molar-refractivity contribution in [3.8, 4) is 0 Å². The van der Waals surface area contributed by atoms with E-state index >= 15 is 0 Å². The number of Topliss-reactive ketones (excluding diaryl/α,β-unsaturated/α-hetero) is 1. The maximum Gasteiger partial charge on any atom is 0.228 e. The summed E-state index contributed by atoms with van der Waals surface area (Å²) in [7, 11) is 0. The Labute approximate surface area is 147 Å². The summed E-state index contributed by atoms with van der Waals surface area (Å²) in [6.07, 6.45) is -0.0903. The fourth-order valence-electron chi connectivity index (χ4n) is 2.03. The molecule has 0 aromatic carbocycles. The smallest absolute Gasteiger partial charge is 0.228 e. The van der Waals surface area contributed by atoms with Gasteiger partial charge >= 0.3 is 0 Å². The monoisotopic (exact) mass is 362 g/mol. The summed E-state index contributed by atoms with van der Waals surface area (Å²) < 4.78 is 0. The van der Waals surface area contributed by atoms with Gasteiger partial charge in [-0.3, -0.25) is 14.4 Å². The molecule has 0 aromatic rings. The fourth-order valence-corrected chi connectivity index (χ4v) is 2.03. The number of nitrogens with one attached hydrogen (secondary N) is 2. The first-order valence-electron chi connectivity index (χ1n) is 8.18. The van der Waals surface area contributed by atoms with E-state index in [1.807, 2.05) is 0 Å². The number of aliphatic hydroxyl groups excluding tert-OH is 4. The number of aliphatic hydroxyl groups is 4. The van der Waals surface area contributed by atoms with Crippen LogP contribution >= 0.6 is 0 Å². The Hall–Kier alpha value is -1.55. The van der Waals surface area contributed by atoms with Gasteiger partial charge in [-0.05, 0) is 6.42 Å². The summed E-state index contributed by atoms with van der Waals surface area (Å²) in [5.41, 5.74) is -0.763. The first-order chi connectivity index (χ1) is 11.6. The first-order valence-corrected chi connectivity index (χ1v) is 8.18. The summed E-state index contributed by atoms with van der Waals surface area (Å²) in [4.78, 5) is 36.4. The lowest BCUT2D eigenvalue weighted by molar-refractivity contribution is -0.135. The van der Waals surface area contributed by atoms with Crippen molar-refractivity contribution in [1.29, 1.82) is 0 Å². The summed E-state index contributed by atoms with van der Waals surface area (Å²) in [6.45, 7) is 3.07. The van der Waals surface area contributed by atoms with Crippen LogP contribution in [-0.2, 0) is 14.4 Å². The molecule has 0 spiro atoms. The van der Waals surface area contributed by atoms with Crippen molar-refractivity contribution in [1.82, 2.24) is 10.6 Å². The van der Waals surface area contributed by atoms with E-state index in [1.54, 1.807) is 20.8 Å². The third-order valence-electron chi connectivity index (χ3n) is 3.65. The molecule has 0 aliphatic heterocycles. The fraction of sp³-hybridized carbons (Fsp3) is 0.812. The van der Waals surface area contributed by atoms with Crippen LogP contribution in [0.4, 0.5) is 0 Å². The predicted molar refractivity (Wildman–Crippen MR) is 89.4 cm³/mol. The average Bonchev–Trinajstić information content (AvgIpc) is 2.55. The maximum atomic E-state index is 12.5. The van der Waals surface area contributed by atoms with Gasteiger partial charge in [-0.1, -0.05) is 20.8 Å². The number of hydrogen-bond donors (Lipinski definition) is 6. The van der Waals surface area contributed by atoms with Crippen molar-refractivity contribution in [2.24, 2.45) is 11.3 Å². The number of rotatable bonds is 11. The van der Waals surface area contributed by atoms with Crippen LogP contribution in [0.5, 0.6) is 0 Å². The molecular formula is C16H30N2O7. The third kappa shape index (κ3) is 8.39. The van der Waals surface area contributed by atoms with E-state index < -0.39 is 61.7 Å². The lowest BCUT2D eigenvalue weighted by Crippen LogP contribution is -2.49. The van der Waals surface area contributed by atoms with Gasteiger partial charge in [0.1, 0.15) is 0 Å². The molecule has 0 aliphatic rings. The van der Waals surface area contributed by atoms with Crippen molar-refractivity contribution in [3.63, 3.8) is 0 Å². The Bertz CT molecular complexity index is 440. The number of ketones is 1. The van der Waals surface area contributed by atoms with Gasteiger partial charge in [-0.15, -0.1) is 0 Å². The molecule has 146 valence electrons. The highest BCUT2D eigenvalue weighted by atomic mass is 16.3. The molecule has 0 aliphatic carbocycles. The Balaban J connectivity index is 4.95. The Morgan fingerprint density at radius 2 is 1.40 bits per heavy atom. The van der Waals surface area contributed by atoms with Gasteiger partial charge in [0, 0.05) is 11.8 Å². The normalized spacial score (nSPS) is 13.0. The highest BCUT2D eigenvalue weighted by Gasteiger charge is 2.32. The largest absolute Gasteiger partial charge is 0.395 e. The minimum Gasteiger partial charge on any atom is -0.395 e. The standard InChI is InChI=1S/C16H30N2O7/c1-16(2,3)14(24)12(18-15(25)10(6-19)7-20)4-5-13(23)17-11(8-21)9-22/h10-12,19-22H,4-9H2,1-3H3,(H,17,23)(H,18,25). The molecular weight excluding hydrogens is 332 g/mol. The molecule has 0 aromatic heterocycles. The number of carbonyl (C=O) groups excluding carboxylic acids is 3. The molecule has 1 unspecified atom stereocenters. The van der Waals surface area contributed by atoms with E-state index in [4.69, 9.17) is 20.4 Å². The van der Waals surface area contributed by atoms with Crippen LogP contribution in [0, 0.1) is 11.3 Å². The quantitative estimate of drug-likeness (QED) is 0.247. The molecule has 9 nitrogen and oxygen atoms in total. The molecule has 2 amide bonds. The van der Waals surface area contributed by atoms with Crippen LogP contribution in [0.2, 0.25) is 0 Å². The van der Waals surface area contributed by atoms with E-state index in [-0.39, 0.29) is 18.6 Å². The van der Waals surface area contributed by atoms with Crippen LogP contribution in [0.25, 0.3) is 0 Å². The summed E-state index contributed by atoms with van der Waals surface area (Å²) in [5.74, 6) is -2.48. The first kappa shape index (κ1) is 23.4. The summed E-state index contributed by atoms with van der Waals surface area (Å²) in [5, 5.41) is 40.9. The van der Waals surface area contributed by atoms with E-state index in [2.05, 4.69) is 10.6 Å². The molecule has 0 bridgehead atoms. The Morgan fingerprint density at radius 3 is 1.80 bits per heavy atom. The van der Waals surface area contributed by atoms with Crippen molar-refractivity contribution in [2.45, 2.75) is 45.7 Å². The number of amides is 2. The molecule has 1 atom stereocenters. The Morgan fingerprint density at radius 1 is 0.880 bits per heavy atom. The van der Waals surface area contributed by atoms with E-state index in [1.165, 1.54) is 0 Å². The summed E-state index contributed by atoms with van der Waals surface area (Å²) >= 11 is 0. The molecule has 25 heavy (non-hydrogen) atoms. The molecule has 0 fully saturated rings. The van der Waals surface area contributed by atoms with Crippen LogP contribution < -0.4 is 10.6 Å². The SMILES string of the molecule is CC(C)(C)C(=O)C(CCC(=O)NC(CO)CO)NC(=O)C(CO)CO. The minimum absolute atomic E-state index is 0.0147. The number of carbonyl (C=O) groups is 3. The molecule has 9 heteroatoms. The molecule has 6 N–H and O–H groups in total. The molecule has 0 heterocycles. The lowest BCUT2D eigenvalue weighted by Gasteiger charge is -2.26. The molecule has 0 saturated carbocycles. The second-order valence-corrected chi connectivity index (χ2v) is 6.91. The van der Waals surface area contributed by atoms with Gasteiger partial charge < -0.3 is 31.1 Å². The minimum atomic E-state index is -1.04. The van der Waals surface area contributed by atoms with Gasteiger partial charge in [0.05, 0.1) is 44.4 Å². The number of hydrogen-bond acceptors (Lipinski definition) is 7. The van der Waals surface area contributed by atoms with Crippen molar-refractivity contribution in [3.05, 3.63) is 0 Å². The van der Waals surface area contributed by atoms with Crippen molar-refractivity contribution in [2.75, 3.05) is 26.4 Å². The summed E-state index contributed by atoms with van der Waals surface area (Å²) in [6, 6.07) is -1.74. The second-order valence-electron chi connectivity index (χ2n) is 6.91. The van der Waals surface area contributed by atoms with Crippen LogP contribution in [0.3, 0.4) is 0 Å². The van der Waals surface area contributed by atoms with E-state index in [0.29, 0.717) is 0 Å². The Kier molecular flexibility index (Phi) is 10.4.